The summed E-state index contributed by atoms with van der Waals surface area (Å²) in [5.74, 6) is 1.35. The zero-order chi connectivity index (χ0) is 13.9. The number of ketones is 1. The SMILES string of the molecule is Cc1cnccc1-c1noc(CC(=O)C2CCCC2)n1. The van der Waals surface area contributed by atoms with Crippen LogP contribution in [0.2, 0.25) is 0 Å². The maximum Gasteiger partial charge on any atom is 0.234 e. The molecule has 0 amide bonds. The first-order valence-electron chi connectivity index (χ1n) is 7.00. The van der Waals surface area contributed by atoms with Crippen LogP contribution in [0.3, 0.4) is 0 Å². The molecule has 0 N–H and O–H groups in total. The van der Waals surface area contributed by atoms with Crippen molar-refractivity contribution in [2.45, 2.75) is 39.0 Å². The van der Waals surface area contributed by atoms with E-state index < -0.39 is 0 Å². The topological polar surface area (TPSA) is 68.9 Å². The van der Waals surface area contributed by atoms with Crippen molar-refractivity contribution < 1.29 is 9.32 Å². The van der Waals surface area contributed by atoms with Gasteiger partial charge in [0.25, 0.3) is 0 Å². The summed E-state index contributed by atoms with van der Waals surface area (Å²) >= 11 is 0. The average Bonchev–Trinajstić information content (AvgIpc) is 3.10. The molecule has 5 heteroatoms. The van der Waals surface area contributed by atoms with E-state index >= 15 is 0 Å². The number of hydrogen-bond acceptors (Lipinski definition) is 5. The van der Waals surface area contributed by atoms with Crippen molar-refractivity contribution >= 4 is 5.78 Å². The van der Waals surface area contributed by atoms with Crippen molar-refractivity contribution in [3.8, 4) is 11.4 Å². The van der Waals surface area contributed by atoms with Crippen molar-refractivity contribution in [1.29, 1.82) is 0 Å². The second-order valence-electron chi connectivity index (χ2n) is 5.33. The first-order chi connectivity index (χ1) is 9.74. The van der Waals surface area contributed by atoms with Crippen LogP contribution in [0.1, 0.15) is 37.1 Å². The zero-order valence-electron chi connectivity index (χ0n) is 11.5. The number of aromatic nitrogens is 3. The second-order valence-corrected chi connectivity index (χ2v) is 5.33. The molecule has 1 saturated carbocycles. The molecule has 2 aromatic rings. The van der Waals surface area contributed by atoms with Crippen molar-refractivity contribution in [3.05, 3.63) is 29.9 Å². The van der Waals surface area contributed by atoms with Gasteiger partial charge < -0.3 is 4.52 Å². The third kappa shape index (κ3) is 2.61. The molecule has 2 aromatic heterocycles. The molecule has 0 aromatic carbocycles. The van der Waals surface area contributed by atoms with Gasteiger partial charge in [-0.25, -0.2) is 0 Å². The number of aryl methyl sites for hydroxylation is 1. The second kappa shape index (κ2) is 5.53. The summed E-state index contributed by atoms with van der Waals surface area (Å²) in [6, 6.07) is 1.85. The Morgan fingerprint density at radius 1 is 1.40 bits per heavy atom. The average molecular weight is 271 g/mol. The van der Waals surface area contributed by atoms with Crippen LogP contribution < -0.4 is 0 Å². The van der Waals surface area contributed by atoms with Crippen molar-refractivity contribution in [1.82, 2.24) is 15.1 Å². The van der Waals surface area contributed by atoms with Crippen molar-refractivity contribution in [2.75, 3.05) is 0 Å². The summed E-state index contributed by atoms with van der Waals surface area (Å²) in [4.78, 5) is 20.5. The summed E-state index contributed by atoms with van der Waals surface area (Å²) in [7, 11) is 0. The molecule has 0 bridgehead atoms. The predicted octanol–water partition coefficient (Wildman–Crippen LogP) is 2.74. The Hall–Kier alpha value is -2.04. The number of pyridine rings is 1. The van der Waals surface area contributed by atoms with E-state index in [1.165, 1.54) is 0 Å². The fraction of sp³-hybridized carbons (Fsp3) is 0.467. The number of hydrogen-bond donors (Lipinski definition) is 0. The van der Waals surface area contributed by atoms with E-state index in [-0.39, 0.29) is 18.1 Å². The minimum atomic E-state index is 0.188. The molecule has 0 radical (unpaired) electrons. The molecular weight excluding hydrogens is 254 g/mol. The van der Waals surface area contributed by atoms with E-state index in [0.717, 1.165) is 36.8 Å². The maximum atomic E-state index is 12.1. The van der Waals surface area contributed by atoms with Gasteiger partial charge in [-0.15, -0.1) is 0 Å². The summed E-state index contributed by atoms with van der Waals surface area (Å²) in [5, 5.41) is 3.96. The molecule has 0 saturated heterocycles. The molecule has 2 heterocycles. The lowest BCUT2D eigenvalue weighted by molar-refractivity contribution is -0.122. The molecule has 104 valence electrons. The van der Waals surface area contributed by atoms with Gasteiger partial charge in [0.05, 0.1) is 6.42 Å². The van der Waals surface area contributed by atoms with Crippen molar-refractivity contribution in [2.24, 2.45) is 5.92 Å². The first-order valence-corrected chi connectivity index (χ1v) is 7.00. The van der Waals surface area contributed by atoms with Gasteiger partial charge in [0.1, 0.15) is 5.78 Å². The summed E-state index contributed by atoms with van der Waals surface area (Å²) < 4.78 is 5.20. The van der Waals surface area contributed by atoms with Gasteiger partial charge in [0, 0.05) is 23.9 Å². The van der Waals surface area contributed by atoms with Gasteiger partial charge >= 0.3 is 0 Å². The van der Waals surface area contributed by atoms with E-state index in [2.05, 4.69) is 15.1 Å². The first kappa shape index (κ1) is 13.0. The Balaban J connectivity index is 1.74. The molecule has 0 aliphatic heterocycles. The summed E-state index contributed by atoms with van der Waals surface area (Å²) in [6.07, 6.45) is 8.02. The van der Waals surface area contributed by atoms with Gasteiger partial charge in [-0.2, -0.15) is 4.98 Å². The summed E-state index contributed by atoms with van der Waals surface area (Å²) in [6.45, 7) is 1.95. The number of nitrogens with zero attached hydrogens (tertiary/aromatic N) is 3. The Morgan fingerprint density at radius 3 is 2.95 bits per heavy atom. The van der Waals surface area contributed by atoms with Crippen LogP contribution in [0.4, 0.5) is 0 Å². The molecular formula is C15H17N3O2. The largest absolute Gasteiger partial charge is 0.339 e. The molecule has 1 aliphatic carbocycles. The quantitative estimate of drug-likeness (QED) is 0.855. The lowest BCUT2D eigenvalue weighted by Gasteiger charge is -2.04. The molecule has 0 unspecified atom stereocenters. The van der Waals surface area contributed by atoms with Crippen LogP contribution in [0.25, 0.3) is 11.4 Å². The zero-order valence-corrected chi connectivity index (χ0v) is 11.5. The Labute approximate surface area is 117 Å². The molecule has 3 rings (SSSR count). The highest BCUT2D eigenvalue weighted by Crippen LogP contribution is 2.27. The highest BCUT2D eigenvalue weighted by molar-refractivity contribution is 5.82. The molecule has 0 spiro atoms. The van der Waals surface area contributed by atoms with Gasteiger partial charge in [-0.3, -0.25) is 9.78 Å². The normalized spacial score (nSPS) is 15.7. The van der Waals surface area contributed by atoms with E-state index in [9.17, 15) is 4.79 Å². The number of rotatable bonds is 4. The van der Waals surface area contributed by atoms with Crippen LogP contribution in [0.15, 0.2) is 23.0 Å². The standard InChI is InChI=1S/C15H17N3O2/c1-10-9-16-7-6-12(10)15-17-14(20-18-15)8-13(19)11-4-2-3-5-11/h6-7,9,11H,2-5,8H2,1H3. The van der Waals surface area contributed by atoms with Crippen LogP contribution in [0, 0.1) is 12.8 Å². The highest BCUT2D eigenvalue weighted by atomic mass is 16.5. The maximum absolute atomic E-state index is 12.1. The Morgan fingerprint density at radius 2 is 2.20 bits per heavy atom. The Bertz CT molecular complexity index is 615. The number of carbonyl (C=O) groups excluding carboxylic acids is 1. The Kier molecular flexibility index (Phi) is 3.58. The minimum absolute atomic E-state index is 0.188. The number of carbonyl (C=O) groups is 1. The lowest BCUT2D eigenvalue weighted by atomic mass is 10.0. The third-order valence-electron chi connectivity index (χ3n) is 3.87. The van der Waals surface area contributed by atoms with Crippen LogP contribution in [-0.4, -0.2) is 20.9 Å². The van der Waals surface area contributed by atoms with Crippen LogP contribution in [0.5, 0.6) is 0 Å². The van der Waals surface area contributed by atoms with Crippen LogP contribution >= 0.6 is 0 Å². The molecule has 0 atom stereocenters. The van der Waals surface area contributed by atoms with Gasteiger partial charge in [0.2, 0.25) is 11.7 Å². The minimum Gasteiger partial charge on any atom is -0.339 e. The van der Waals surface area contributed by atoms with Gasteiger partial charge in [-0.1, -0.05) is 18.0 Å². The smallest absolute Gasteiger partial charge is 0.234 e. The third-order valence-corrected chi connectivity index (χ3v) is 3.87. The fourth-order valence-corrected chi connectivity index (χ4v) is 2.70. The van der Waals surface area contributed by atoms with Crippen molar-refractivity contribution in [3.63, 3.8) is 0 Å². The highest BCUT2D eigenvalue weighted by Gasteiger charge is 2.24. The molecule has 1 fully saturated rings. The van der Waals surface area contributed by atoms with Gasteiger partial charge in [-0.05, 0) is 31.4 Å². The van der Waals surface area contributed by atoms with E-state index in [0.29, 0.717) is 11.7 Å². The lowest BCUT2D eigenvalue weighted by Crippen LogP contribution is -2.13. The molecule has 5 nitrogen and oxygen atoms in total. The predicted molar refractivity (Wildman–Crippen MR) is 72.9 cm³/mol. The fourth-order valence-electron chi connectivity index (χ4n) is 2.70. The monoisotopic (exact) mass is 271 g/mol. The molecule has 20 heavy (non-hydrogen) atoms. The van der Waals surface area contributed by atoms with Gasteiger partial charge in [0.15, 0.2) is 0 Å². The van der Waals surface area contributed by atoms with Crippen LogP contribution in [-0.2, 0) is 11.2 Å². The number of Topliss-reactive ketones (excluding diaryl/α,β-unsaturated/α-hetero) is 1. The van der Waals surface area contributed by atoms with E-state index in [1.807, 2.05) is 13.0 Å². The van der Waals surface area contributed by atoms with E-state index in [1.54, 1.807) is 12.4 Å². The molecule has 1 aliphatic rings. The van der Waals surface area contributed by atoms with E-state index in [4.69, 9.17) is 4.52 Å². The summed E-state index contributed by atoms with van der Waals surface area (Å²) in [5.41, 5.74) is 1.88.